The van der Waals surface area contributed by atoms with Gasteiger partial charge in [0.1, 0.15) is 11.0 Å². The van der Waals surface area contributed by atoms with Gasteiger partial charge >= 0.3 is 6.09 Å². The number of thiocyanates is 1. The molecule has 2 heterocycles. The van der Waals surface area contributed by atoms with Gasteiger partial charge in [-0.3, -0.25) is 4.98 Å². The Morgan fingerprint density at radius 2 is 2.22 bits per heavy atom. The molecule has 1 aromatic rings. The summed E-state index contributed by atoms with van der Waals surface area (Å²) in [6, 6.07) is 1.95. The highest BCUT2D eigenvalue weighted by Crippen LogP contribution is 2.30. The number of carbonyl (C=O) groups excluding carboxylic acids is 1. The molecule has 7 heteroatoms. The number of nitrogens with zero attached hydrogens (tertiary/aromatic N) is 4. The molecule has 1 fully saturated rings. The normalized spacial score (nSPS) is 18.5. The summed E-state index contributed by atoms with van der Waals surface area (Å²) >= 11 is 1.11. The first-order valence-electron chi connectivity index (χ1n) is 7.56. The van der Waals surface area contributed by atoms with Gasteiger partial charge in [0.2, 0.25) is 0 Å². The van der Waals surface area contributed by atoms with Gasteiger partial charge in [0.15, 0.2) is 0 Å². The van der Waals surface area contributed by atoms with Crippen molar-refractivity contribution in [2.24, 2.45) is 0 Å². The van der Waals surface area contributed by atoms with Crippen LogP contribution in [0.15, 0.2) is 23.4 Å². The number of ether oxygens (including phenoxy) is 1. The fourth-order valence-corrected chi connectivity index (χ4v) is 3.04. The van der Waals surface area contributed by atoms with Crippen molar-refractivity contribution in [2.45, 2.75) is 44.2 Å². The van der Waals surface area contributed by atoms with E-state index in [4.69, 9.17) is 10.00 Å². The maximum atomic E-state index is 12.3. The summed E-state index contributed by atoms with van der Waals surface area (Å²) in [4.78, 5) is 21.1. The predicted molar refractivity (Wildman–Crippen MR) is 90.3 cm³/mol. The molecule has 2 rings (SSSR count). The highest BCUT2D eigenvalue weighted by molar-refractivity contribution is 8.03. The molecule has 0 aliphatic carbocycles. The Morgan fingerprint density at radius 3 is 2.83 bits per heavy atom. The number of thioether (sulfide) groups is 1. The SMILES string of the molecule is C[C@H]1CN(c2ccncc2SC#N)CCN1C(=O)OC(C)(C)C. The van der Waals surface area contributed by atoms with Crippen molar-refractivity contribution in [3.05, 3.63) is 18.5 Å². The van der Waals surface area contributed by atoms with Crippen molar-refractivity contribution in [1.82, 2.24) is 9.88 Å². The second-order valence-corrected chi connectivity index (χ2v) is 7.33. The summed E-state index contributed by atoms with van der Waals surface area (Å²) in [5.74, 6) is 0. The smallest absolute Gasteiger partial charge is 0.410 e. The van der Waals surface area contributed by atoms with Gasteiger partial charge in [-0.05, 0) is 45.5 Å². The number of aromatic nitrogens is 1. The number of hydrogen-bond acceptors (Lipinski definition) is 6. The van der Waals surface area contributed by atoms with E-state index < -0.39 is 5.60 Å². The van der Waals surface area contributed by atoms with Crippen LogP contribution in [0.2, 0.25) is 0 Å². The van der Waals surface area contributed by atoms with Crippen LogP contribution in [-0.2, 0) is 4.74 Å². The minimum atomic E-state index is -0.490. The molecule has 0 bridgehead atoms. The number of nitriles is 1. The first-order chi connectivity index (χ1) is 10.8. The summed E-state index contributed by atoms with van der Waals surface area (Å²) < 4.78 is 5.46. The second-order valence-electron chi connectivity index (χ2n) is 6.51. The van der Waals surface area contributed by atoms with Gasteiger partial charge < -0.3 is 14.5 Å². The Hall–Kier alpha value is -1.94. The van der Waals surface area contributed by atoms with Gasteiger partial charge in [-0.1, -0.05) is 0 Å². The molecule has 1 aliphatic rings. The third-order valence-corrected chi connectivity index (χ3v) is 4.14. The van der Waals surface area contributed by atoms with Crippen LogP contribution in [0.4, 0.5) is 10.5 Å². The van der Waals surface area contributed by atoms with Crippen LogP contribution in [0, 0.1) is 10.7 Å². The van der Waals surface area contributed by atoms with Crippen LogP contribution >= 0.6 is 11.8 Å². The lowest BCUT2D eigenvalue weighted by Gasteiger charge is -2.41. The number of piperazine rings is 1. The fourth-order valence-electron chi connectivity index (χ4n) is 2.53. The number of carbonyl (C=O) groups is 1. The highest BCUT2D eigenvalue weighted by atomic mass is 32.2. The summed E-state index contributed by atoms with van der Waals surface area (Å²) in [5, 5.41) is 11.0. The maximum Gasteiger partial charge on any atom is 0.410 e. The molecule has 0 radical (unpaired) electrons. The molecule has 1 saturated heterocycles. The van der Waals surface area contributed by atoms with Crippen LogP contribution < -0.4 is 4.90 Å². The van der Waals surface area contributed by atoms with Crippen molar-refractivity contribution in [3.63, 3.8) is 0 Å². The van der Waals surface area contributed by atoms with Gasteiger partial charge in [0, 0.05) is 38.1 Å². The molecule has 6 nitrogen and oxygen atoms in total. The van der Waals surface area contributed by atoms with Gasteiger partial charge in [0.05, 0.1) is 10.6 Å². The lowest BCUT2D eigenvalue weighted by atomic mass is 10.1. The van der Waals surface area contributed by atoms with E-state index in [-0.39, 0.29) is 12.1 Å². The first kappa shape index (κ1) is 17.4. The number of rotatable bonds is 2. The Kier molecular flexibility index (Phi) is 5.37. The Balaban J connectivity index is 2.07. The Labute approximate surface area is 141 Å². The zero-order valence-electron chi connectivity index (χ0n) is 13.9. The molecule has 1 aromatic heterocycles. The van der Waals surface area contributed by atoms with E-state index >= 15 is 0 Å². The van der Waals surface area contributed by atoms with Gasteiger partial charge in [-0.25, -0.2) is 4.79 Å². The van der Waals surface area contributed by atoms with E-state index in [0.29, 0.717) is 19.6 Å². The average molecular weight is 334 g/mol. The zero-order valence-corrected chi connectivity index (χ0v) is 14.8. The molecule has 0 aromatic carbocycles. The quantitative estimate of drug-likeness (QED) is 0.611. The Morgan fingerprint density at radius 1 is 1.48 bits per heavy atom. The topological polar surface area (TPSA) is 69.5 Å². The third-order valence-electron chi connectivity index (χ3n) is 3.51. The molecule has 23 heavy (non-hydrogen) atoms. The summed E-state index contributed by atoms with van der Waals surface area (Å²) in [6.45, 7) is 9.61. The minimum absolute atomic E-state index is 0.0340. The van der Waals surface area contributed by atoms with Gasteiger partial charge in [-0.2, -0.15) is 5.26 Å². The lowest BCUT2D eigenvalue weighted by molar-refractivity contribution is 0.0159. The number of anilines is 1. The predicted octanol–water partition coefficient (Wildman–Crippen LogP) is 3.10. The fraction of sp³-hybridized carbons (Fsp3) is 0.562. The van der Waals surface area contributed by atoms with E-state index in [1.165, 1.54) is 0 Å². The van der Waals surface area contributed by atoms with Gasteiger partial charge in [-0.15, -0.1) is 0 Å². The Bertz CT molecular complexity index is 609. The van der Waals surface area contributed by atoms with Crippen molar-refractivity contribution in [1.29, 1.82) is 5.26 Å². The molecule has 0 spiro atoms. The minimum Gasteiger partial charge on any atom is -0.444 e. The molecule has 124 valence electrons. The number of pyridine rings is 1. The largest absolute Gasteiger partial charge is 0.444 e. The summed E-state index contributed by atoms with van der Waals surface area (Å²) in [6.07, 6.45) is 3.15. The summed E-state index contributed by atoms with van der Waals surface area (Å²) in [5.41, 5.74) is 0.498. The summed E-state index contributed by atoms with van der Waals surface area (Å²) in [7, 11) is 0. The van der Waals surface area contributed by atoms with Crippen molar-refractivity contribution >= 4 is 23.5 Å². The average Bonchev–Trinajstić information content (AvgIpc) is 2.46. The van der Waals surface area contributed by atoms with Crippen molar-refractivity contribution < 1.29 is 9.53 Å². The molecular formula is C16H22N4O2S. The standard InChI is InChI=1S/C16H22N4O2S/c1-12-10-19(13-5-6-18-9-14(13)23-11-17)7-8-20(12)15(21)22-16(2,3)4/h5-6,9,12H,7-8,10H2,1-4H3/t12-/m0/s1. The number of amides is 1. The zero-order chi connectivity index (χ0) is 17.0. The van der Waals surface area contributed by atoms with Crippen LogP contribution in [-0.4, -0.2) is 47.3 Å². The van der Waals surface area contributed by atoms with Crippen LogP contribution in [0.1, 0.15) is 27.7 Å². The van der Waals surface area contributed by atoms with Crippen LogP contribution in [0.5, 0.6) is 0 Å². The van der Waals surface area contributed by atoms with Crippen molar-refractivity contribution in [2.75, 3.05) is 24.5 Å². The number of hydrogen-bond donors (Lipinski definition) is 0. The molecule has 0 unspecified atom stereocenters. The maximum absolute atomic E-state index is 12.3. The lowest BCUT2D eigenvalue weighted by Crippen LogP contribution is -2.55. The van der Waals surface area contributed by atoms with E-state index in [1.807, 2.05) is 33.8 Å². The molecule has 0 saturated carbocycles. The molecule has 0 N–H and O–H groups in total. The van der Waals surface area contributed by atoms with E-state index in [9.17, 15) is 4.79 Å². The van der Waals surface area contributed by atoms with Crippen LogP contribution in [0.25, 0.3) is 0 Å². The molecular weight excluding hydrogens is 312 g/mol. The van der Waals surface area contributed by atoms with Crippen molar-refractivity contribution in [3.8, 4) is 5.40 Å². The highest BCUT2D eigenvalue weighted by Gasteiger charge is 2.31. The molecule has 1 aliphatic heterocycles. The third kappa shape index (κ3) is 4.52. The van der Waals surface area contributed by atoms with E-state index in [0.717, 1.165) is 22.3 Å². The molecule has 1 atom stereocenters. The van der Waals surface area contributed by atoms with E-state index in [1.54, 1.807) is 17.3 Å². The first-order valence-corrected chi connectivity index (χ1v) is 8.38. The molecule has 1 amide bonds. The van der Waals surface area contributed by atoms with E-state index in [2.05, 4.69) is 15.3 Å². The van der Waals surface area contributed by atoms with Crippen LogP contribution in [0.3, 0.4) is 0 Å². The second kappa shape index (κ2) is 7.09. The van der Waals surface area contributed by atoms with Gasteiger partial charge in [0.25, 0.3) is 0 Å². The monoisotopic (exact) mass is 334 g/mol.